The highest BCUT2D eigenvalue weighted by Crippen LogP contribution is 2.57. The number of halogens is 2. The van der Waals surface area contributed by atoms with E-state index in [0.29, 0.717) is 5.88 Å². The van der Waals surface area contributed by atoms with E-state index < -0.39 is 7.26 Å². The summed E-state index contributed by atoms with van der Waals surface area (Å²) < 4.78 is 0. The summed E-state index contributed by atoms with van der Waals surface area (Å²) in [6.07, 6.45) is 4.55. The van der Waals surface area contributed by atoms with E-state index in [1.165, 1.54) is 15.9 Å². The van der Waals surface area contributed by atoms with E-state index >= 15 is 0 Å². The number of alkyl halides is 1. The summed E-state index contributed by atoms with van der Waals surface area (Å²) in [6, 6.07) is 44.7. The fourth-order valence-corrected chi connectivity index (χ4v) is 8.30. The predicted octanol–water partition coefficient (Wildman–Crippen LogP) is 3.40. The van der Waals surface area contributed by atoms with E-state index in [1.807, 2.05) is 30.5 Å². The molecule has 0 spiro atoms. The smallest absolute Gasteiger partial charge is 0.118 e. The number of benzene rings is 3. The van der Waals surface area contributed by atoms with Crippen molar-refractivity contribution in [3.05, 3.63) is 151 Å². The molecule has 5 aromatic rings. The Morgan fingerprint density at radius 1 is 0.486 bits per heavy atom. The molecule has 0 radical (unpaired) electrons. The first-order chi connectivity index (χ1) is 16.8. The molecule has 0 saturated carbocycles. The molecule has 0 bridgehead atoms. The van der Waals surface area contributed by atoms with E-state index in [2.05, 4.69) is 113 Å². The quantitative estimate of drug-likeness (QED) is 0.255. The molecule has 2 nitrogen and oxygen atoms in total. The van der Waals surface area contributed by atoms with Gasteiger partial charge in [0.1, 0.15) is 29.3 Å². The van der Waals surface area contributed by atoms with Gasteiger partial charge < -0.3 is 12.4 Å². The maximum absolute atomic E-state index is 5.46. The molecule has 0 N–H and O–H groups in total. The summed E-state index contributed by atoms with van der Waals surface area (Å²) >= 11 is 5.46. The SMILES string of the molecule is ClCc1ccccn1.[Cl-].c1ccc([P+](Cc2ccccn2)(c2ccccc2)c2ccccc2)cc1. The molecule has 0 unspecified atom stereocenters. The molecule has 0 amide bonds. The van der Waals surface area contributed by atoms with Gasteiger partial charge in [0.2, 0.25) is 0 Å². The summed E-state index contributed by atoms with van der Waals surface area (Å²) in [5.74, 6) is 0.501. The van der Waals surface area contributed by atoms with Gasteiger partial charge in [-0.1, -0.05) is 66.7 Å². The Morgan fingerprint density at radius 2 is 0.857 bits per heavy atom. The Hall–Kier alpha value is -3.03. The number of aromatic nitrogens is 2. The average molecular weight is 517 g/mol. The molecular formula is C30H27Cl2N2P. The van der Waals surface area contributed by atoms with Gasteiger partial charge in [-0.05, 0) is 60.7 Å². The fourth-order valence-electron chi connectivity index (χ4n) is 3.98. The van der Waals surface area contributed by atoms with Gasteiger partial charge in [0.25, 0.3) is 0 Å². The van der Waals surface area contributed by atoms with Crippen LogP contribution in [0.2, 0.25) is 0 Å². The second kappa shape index (κ2) is 13.8. The zero-order valence-corrected chi connectivity index (χ0v) is 21.7. The normalized spacial score (nSPS) is 10.4. The molecule has 0 aliphatic rings. The fraction of sp³-hybridized carbons (Fsp3) is 0.0667. The molecule has 0 aliphatic carbocycles. The van der Waals surface area contributed by atoms with Gasteiger partial charge in [-0.25, -0.2) is 0 Å². The molecule has 2 aromatic heterocycles. The van der Waals surface area contributed by atoms with Crippen LogP contribution < -0.4 is 28.3 Å². The van der Waals surface area contributed by atoms with Crippen LogP contribution in [-0.2, 0) is 12.0 Å². The monoisotopic (exact) mass is 516 g/mol. The minimum absolute atomic E-state index is 0. The molecule has 35 heavy (non-hydrogen) atoms. The van der Waals surface area contributed by atoms with Gasteiger partial charge in [-0.15, -0.1) is 11.6 Å². The van der Waals surface area contributed by atoms with Crippen LogP contribution in [-0.4, -0.2) is 9.97 Å². The van der Waals surface area contributed by atoms with Crippen LogP contribution >= 0.6 is 18.9 Å². The summed E-state index contributed by atoms with van der Waals surface area (Å²) in [5, 5.41) is 4.18. The van der Waals surface area contributed by atoms with Crippen molar-refractivity contribution in [1.82, 2.24) is 9.97 Å². The molecule has 0 saturated heterocycles. The molecule has 5 heteroatoms. The molecular weight excluding hydrogens is 490 g/mol. The first-order valence-electron chi connectivity index (χ1n) is 11.2. The van der Waals surface area contributed by atoms with E-state index in [0.717, 1.165) is 17.5 Å². The average Bonchev–Trinajstić information content (AvgIpc) is 2.94. The van der Waals surface area contributed by atoms with Gasteiger partial charge in [0, 0.05) is 12.4 Å². The van der Waals surface area contributed by atoms with Crippen LogP contribution in [0.4, 0.5) is 0 Å². The highest BCUT2D eigenvalue weighted by atomic mass is 35.5. The van der Waals surface area contributed by atoms with Crippen molar-refractivity contribution < 1.29 is 12.4 Å². The predicted molar refractivity (Wildman–Crippen MR) is 147 cm³/mol. The van der Waals surface area contributed by atoms with Crippen molar-refractivity contribution in [2.75, 3.05) is 0 Å². The number of nitrogens with zero attached hydrogens (tertiary/aromatic N) is 2. The molecule has 0 aliphatic heterocycles. The summed E-state index contributed by atoms with van der Waals surface area (Å²) in [7, 11) is -1.84. The van der Waals surface area contributed by atoms with E-state index in [1.54, 1.807) is 6.20 Å². The maximum Gasteiger partial charge on any atom is 0.118 e. The minimum Gasteiger partial charge on any atom is -1.00 e. The number of hydrogen-bond donors (Lipinski definition) is 0. The Balaban J connectivity index is 0.000000325. The Labute approximate surface area is 219 Å². The zero-order chi connectivity index (χ0) is 23.5. The van der Waals surface area contributed by atoms with Gasteiger partial charge >= 0.3 is 0 Å². The lowest BCUT2D eigenvalue weighted by atomic mass is 10.3. The highest BCUT2D eigenvalue weighted by molar-refractivity contribution is 7.95. The molecule has 0 fully saturated rings. The van der Waals surface area contributed by atoms with Crippen molar-refractivity contribution in [2.24, 2.45) is 0 Å². The van der Waals surface area contributed by atoms with Crippen molar-refractivity contribution >= 4 is 34.8 Å². The molecule has 176 valence electrons. The maximum atomic E-state index is 5.46. The number of hydrogen-bond acceptors (Lipinski definition) is 2. The lowest BCUT2D eigenvalue weighted by Crippen LogP contribution is -3.00. The first-order valence-corrected chi connectivity index (χ1v) is 13.7. The van der Waals surface area contributed by atoms with Crippen LogP contribution in [0.5, 0.6) is 0 Å². The third-order valence-electron chi connectivity index (χ3n) is 5.58. The zero-order valence-electron chi connectivity index (χ0n) is 19.3. The number of pyridine rings is 2. The molecule has 0 atom stereocenters. The lowest BCUT2D eigenvalue weighted by Gasteiger charge is -2.27. The van der Waals surface area contributed by atoms with Gasteiger partial charge in [-0.2, -0.15) is 0 Å². The summed E-state index contributed by atoms with van der Waals surface area (Å²) in [5.41, 5.74) is 2.06. The Bertz CT molecular complexity index is 1140. The van der Waals surface area contributed by atoms with E-state index in [-0.39, 0.29) is 12.4 Å². The summed E-state index contributed by atoms with van der Waals surface area (Å²) in [6.45, 7) is 0. The second-order valence-electron chi connectivity index (χ2n) is 7.75. The van der Waals surface area contributed by atoms with Crippen LogP contribution in [0.25, 0.3) is 0 Å². The van der Waals surface area contributed by atoms with Crippen molar-refractivity contribution in [2.45, 2.75) is 12.0 Å². The van der Waals surface area contributed by atoms with Crippen molar-refractivity contribution in [3.8, 4) is 0 Å². The topological polar surface area (TPSA) is 25.8 Å². The third-order valence-corrected chi connectivity index (χ3v) is 10.2. The molecule has 5 rings (SSSR count). The van der Waals surface area contributed by atoms with Crippen molar-refractivity contribution in [1.29, 1.82) is 0 Å². The largest absolute Gasteiger partial charge is 1.00 e. The van der Waals surface area contributed by atoms with Gasteiger partial charge in [-0.3, -0.25) is 9.97 Å². The molecule has 2 heterocycles. The van der Waals surface area contributed by atoms with E-state index in [4.69, 9.17) is 11.6 Å². The lowest BCUT2D eigenvalue weighted by molar-refractivity contribution is -0.00000679. The van der Waals surface area contributed by atoms with Crippen LogP contribution in [0.15, 0.2) is 140 Å². The van der Waals surface area contributed by atoms with E-state index in [9.17, 15) is 0 Å². The van der Waals surface area contributed by atoms with Gasteiger partial charge in [0.15, 0.2) is 0 Å². The van der Waals surface area contributed by atoms with Crippen LogP contribution in [0.1, 0.15) is 11.4 Å². The van der Waals surface area contributed by atoms with Crippen LogP contribution in [0.3, 0.4) is 0 Å². The summed E-state index contributed by atoms with van der Waals surface area (Å²) in [4.78, 5) is 8.63. The first kappa shape index (κ1) is 26.6. The van der Waals surface area contributed by atoms with Crippen LogP contribution in [0, 0.1) is 0 Å². The molecule has 3 aromatic carbocycles. The van der Waals surface area contributed by atoms with Gasteiger partial charge in [0.05, 0.1) is 17.3 Å². The Kier molecular flexibility index (Phi) is 10.4. The Morgan fingerprint density at radius 3 is 1.17 bits per heavy atom. The standard InChI is InChI=1S/C24H21NP.C6H6ClN.ClH/c1-4-13-22(14-5-1)26(23-15-6-2-7-16-23,24-17-8-3-9-18-24)20-21-12-10-11-19-25-21;7-5-6-3-1-2-4-8-6;/h1-19H,20H2;1-4H,5H2;1H/q+1;;/p-1. The minimum atomic E-state index is -1.84. The third kappa shape index (κ3) is 6.77. The number of rotatable bonds is 6. The second-order valence-corrected chi connectivity index (χ2v) is 11.5. The highest BCUT2D eigenvalue weighted by Gasteiger charge is 2.45. The van der Waals surface area contributed by atoms with Crippen molar-refractivity contribution in [3.63, 3.8) is 0 Å².